The second kappa shape index (κ2) is 7.13. The Morgan fingerprint density at radius 3 is 2.42 bits per heavy atom. The van der Waals surface area contributed by atoms with E-state index in [1.54, 1.807) is 0 Å². The van der Waals surface area contributed by atoms with Crippen LogP contribution in [0.5, 0.6) is 0 Å². The van der Waals surface area contributed by atoms with Crippen molar-refractivity contribution >= 4 is 23.4 Å². The summed E-state index contributed by atoms with van der Waals surface area (Å²) >= 11 is 0. The highest BCUT2D eigenvalue weighted by molar-refractivity contribution is 5.93. The van der Waals surface area contributed by atoms with Crippen molar-refractivity contribution in [2.24, 2.45) is 11.5 Å². The molecule has 0 aliphatic heterocycles. The number of rotatable bonds is 6. The van der Waals surface area contributed by atoms with Crippen molar-refractivity contribution in [1.29, 1.82) is 0 Å². The maximum Gasteiger partial charge on any atom is 0.421 e. The number of nitrogens with two attached hydrogens (primary N) is 2. The molecule has 0 unspecified atom stereocenters. The van der Waals surface area contributed by atoms with Gasteiger partial charge in [0.25, 0.3) is 0 Å². The Bertz CT molecular complexity index is 717. The largest absolute Gasteiger partial charge is 0.421 e. The van der Waals surface area contributed by atoms with Crippen molar-refractivity contribution in [2.75, 3.05) is 23.7 Å². The predicted octanol–water partition coefficient (Wildman–Crippen LogP) is 1.71. The highest BCUT2D eigenvalue weighted by Crippen LogP contribution is 2.33. The van der Waals surface area contributed by atoms with E-state index in [4.69, 9.17) is 11.5 Å². The molecule has 2 aromatic rings. The minimum atomic E-state index is -4.58. The number of nitrogens with zero attached hydrogens (tertiary/aromatic N) is 2. The zero-order valence-corrected chi connectivity index (χ0v) is 12.4. The summed E-state index contributed by atoms with van der Waals surface area (Å²) in [4.78, 5) is 18.5. The SMILES string of the molecule is NCCNc1nc(Nc2ccc(C(N)=O)cc2)ncc1C(F)(F)F. The van der Waals surface area contributed by atoms with Gasteiger partial charge in [0.1, 0.15) is 11.4 Å². The van der Waals surface area contributed by atoms with Crippen molar-refractivity contribution in [3.63, 3.8) is 0 Å². The molecule has 0 radical (unpaired) electrons. The molecule has 0 bridgehead atoms. The Morgan fingerprint density at radius 2 is 1.88 bits per heavy atom. The van der Waals surface area contributed by atoms with Crippen LogP contribution in [-0.4, -0.2) is 29.0 Å². The minimum Gasteiger partial charge on any atom is -0.368 e. The Kier molecular flexibility index (Phi) is 5.19. The number of aromatic nitrogens is 2. The first-order chi connectivity index (χ1) is 11.3. The van der Waals surface area contributed by atoms with Crippen LogP contribution in [-0.2, 0) is 6.18 Å². The molecular weight excluding hydrogens is 325 g/mol. The second-order valence-corrected chi connectivity index (χ2v) is 4.74. The van der Waals surface area contributed by atoms with Gasteiger partial charge < -0.3 is 22.1 Å². The van der Waals surface area contributed by atoms with Crippen LogP contribution in [0.15, 0.2) is 30.5 Å². The quantitative estimate of drug-likeness (QED) is 0.636. The third kappa shape index (κ3) is 4.32. The molecule has 2 rings (SSSR count). The molecule has 6 N–H and O–H groups in total. The third-order valence-electron chi connectivity index (χ3n) is 2.96. The summed E-state index contributed by atoms with van der Waals surface area (Å²) in [6.07, 6.45) is -3.90. The van der Waals surface area contributed by atoms with Crippen LogP contribution < -0.4 is 22.1 Å². The average molecular weight is 340 g/mol. The van der Waals surface area contributed by atoms with Gasteiger partial charge in [0.05, 0.1) is 0 Å². The summed E-state index contributed by atoms with van der Waals surface area (Å²) in [5.74, 6) is -0.978. The zero-order chi connectivity index (χ0) is 17.7. The molecule has 128 valence electrons. The average Bonchev–Trinajstić information content (AvgIpc) is 2.52. The van der Waals surface area contributed by atoms with Gasteiger partial charge in [-0.3, -0.25) is 4.79 Å². The summed E-state index contributed by atoms with van der Waals surface area (Å²) in [7, 11) is 0. The number of amides is 1. The van der Waals surface area contributed by atoms with Gasteiger partial charge in [-0.25, -0.2) is 4.98 Å². The lowest BCUT2D eigenvalue weighted by Crippen LogP contribution is -2.19. The fraction of sp³-hybridized carbons (Fsp3) is 0.214. The number of hydrogen-bond acceptors (Lipinski definition) is 6. The fourth-order valence-electron chi connectivity index (χ4n) is 1.82. The van der Waals surface area contributed by atoms with Crippen LogP contribution in [0.1, 0.15) is 15.9 Å². The maximum absolute atomic E-state index is 12.9. The predicted molar refractivity (Wildman–Crippen MR) is 82.8 cm³/mol. The molecule has 0 saturated heterocycles. The molecule has 10 heteroatoms. The van der Waals surface area contributed by atoms with E-state index in [0.29, 0.717) is 17.4 Å². The standard InChI is InChI=1S/C14H15F3N6O/c15-14(16,17)10-7-21-13(23-12(10)20-6-5-18)22-9-3-1-8(2-4-9)11(19)24/h1-4,7H,5-6,18H2,(H2,19,24)(H2,20,21,22,23). The van der Waals surface area contributed by atoms with Gasteiger partial charge in [0, 0.05) is 30.5 Å². The van der Waals surface area contributed by atoms with E-state index in [9.17, 15) is 18.0 Å². The van der Waals surface area contributed by atoms with Crippen molar-refractivity contribution < 1.29 is 18.0 Å². The molecule has 0 aliphatic rings. The van der Waals surface area contributed by atoms with E-state index >= 15 is 0 Å². The van der Waals surface area contributed by atoms with Crippen LogP contribution in [0.3, 0.4) is 0 Å². The highest BCUT2D eigenvalue weighted by atomic mass is 19.4. The van der Waals surface area contributed by atoms with Crippen molar-refractivity contribution in [1.82, 2.24) is 9.97 Å². The summed E-state index contributed by atoms with van der Waals surface area (Å²) in [5.41, 5.74) is 10.2. The fourth-order valence-corrected chi connectivity index (χ4v) is 1.82. The molecule has 1 aromatic heterocycles. The molecule has 0 fully saturated rings. The molecule has 0 atom stereocenters. The lowest BCUT2D eigenvalue weighted by atomic mass is 10.2. The Hall–Kier alpha value is -2.88. The first-order valence-electron chi connectivity index (χ1n) is 6.86. The van der Waals surface area contributed by atoms with E-state index in [1.165, 1.54) is 24.3 Å². The zero-order valence-electron chi connectivity index (χ0n) is 12.4. The Balaban J connectivity index is 2.25. The molecule has 1 heterocycles. The number of anilines is 3. The van der Waals surface area contributed by atoms with E-state index in [-0.39, 0.29) is 24.9 Å². The number of carbonyl (C=O) groups excluding carboxylic acids is 1. The first kappa shape index (κ1) is 17.5. The van der Waals surface area contributed by atoms with Crippen molar-refractivity contribution in [2.45, 2.75) is 6.18 Å². The Labute approximate surface area is 135 Å². The van der Waals surface area contributed by atoms with Crippen LogP contribution in [0.2, 0.25) is 0 Å². The molecule has 1 amide bonds. The highest BCUT2D eigenvalue weighted by Gasteiger charge is 2.35. The summed E-state index contributed by atoms with van der Waals surface area (Å²) in [6, 6.07) is 6.02. The van der Waals surface area contributed by atoms with Crippen molar-refractivity contribution in [3.8, 4) is 0 Å². The number of nitrogens with one attached hydrogen (secondary N) is 2. The Morgan fingerprint density at radius 1 is 1.21 bits per heavy atom. The number of carbonyl (C=O) groups is 1. The van der Waals surface area contributed by atoms with Crippen LogP contribution in [0.25, 0.3) is 0 Å². The first-order valence-corrected chi connectivity index (χ1v) is 6.86. The molecule has 0 spiro atoms. The summed E-state index contributed by atoms with van der Waals surface area (Å²) in [6.45, 7) is 0.283. The summed E-state index contributed by atoms with van der Waals surface area (Å²) in [5, 5.41) is 5.28. The van der Waals surface area contributed by atoms with E-state index in [0.717, 1.165) is 0 Å². The molecular formula is C14H15F3N6O. The van der Waals surface area contributed by atoms with Crippen LogP contribution in [0.4, 0.5) is 30.6 Å². The number of halogens is 3. The lowest BCUT2D eigenvalue weighted by molar-refractivity contribution is -0.137. The smallest absolute Gasteiger partial charge is 0.368 e. The number of alkyl halides is 3. The second-order valence-electron chi connectivity index (χ2n) is 4.74. The summed E-state index contributed by atoms with van der Waals surface area (Å²) < 4.78 is 38.8. The van der Waals surface area contributed by atoms with Gasteiger partial charge in [-0.2, -0.15) is 18.2 Å². The lowest BCUT2D eigenvalue weighted by Gasteiger charge is -2.14. The van der Waals surface area contributed by atoms with E-state index in [1.807, 2.05) is 0 Å². The molecule has 24 heavy (non-hydrogen) atoms. The van der Waals surface area contributed by atoms with Gasteiger partial charge >= 0.3 is 6.18 Å². The molecule has 7 nitrogen and oxygen atoms in total. The monoisotopic (exact) mass is 340 g/mol. The molecule has 0 saturated carbocycles. The van der Waals surface area contributed by atoms with Gasteiger partial charge in [-0.05, 0) is 24.3 Å². The maximum atomic E-state index is 12.9. The van der Waals surface area contributed by atoms with E-state index in [2.05, 4.69) is 20.6 Å². The van der Waals surface area contributed by atoms with Crippen molar-refractivity contribution in [3.05, 3.63) is 41.6 Å². The van der Waals surface area contributed by atoms with Gasteiger partial charge in [-0.15, -0.1) is 0 Å². The number of hydrogen-bond donors (Lipinski definition) is 4. The topological polar surface area (TPSA) is 119 Å². The van der Waals surface area contributed by atoms with Gasteiger partial charge in [0.15, 0.2) is 0 Å². The van der Waals surface area contributed by atoms with Gasteiger partial charge in [-0.1, -0.05) is 0 Å². The minimum absolute atomic E-state index is 0.0330. The van der Waals surface area contributed by atoms with Crippen LogP contribution in [0, 0.1) is 0 Å². The van der Waals surface area contributed by atoms with Gasteiger partial charge in [0.2, 0.25) is 11.9 Å². The van der Waals surface area contributed by atoms with Crippen LogP contribution >= 0.6 is 0 Å². The number of primary amides is 1. The normalized spacial score (nSPS) is 11.2. The van der Waals surface area contributed by atoms with E-state index < -0.39 is 17.6 Å². The third-order valence-corrected chi connectivity index (χ3v) is 2.96. The molecule has 1 aromatic carbocycles. The molecule has 0 aliphatic carbocycles. The number of benzene rings is 1.